The van der Waals surface area contributed by atoms with Gasteiger partial charge in [-0.2, -0.15) is 0 Å². The molecule has 0 unspecified atom stereocenters. The number of ketones is 1. The molecule has 1 aliphatic rings. The Labute approximate surface area is 247 Å². The van der Waals surface area contributed by atoms with Gasteiger partial charge in [-0.05, 0) is 59.2 Å². The van der Waals surface area contributed by atoms with Crippen molar-refractivity contribution in [3.05, 3.63) is 77.7 Å². The zero-order valence-electron chi connectivity index (χ0n) is 24.7. The van der Waals surface area contributed by atoms with E-state index in [1.54, 1.807) is 0 Å². The van der Waals surface area contributed by atoms with Crippen molar-refractivity contribution in [2.75, 3.05) is 0 Å². The molecular formula is C35H42IrNO2-. The summed E-state index contributed by atoms with van der Waals surface area (Å²) in [6.45, 7) is 16.7. The number of benzene rings is 3. The molecule has 0 amide bonds. The number of pyridine rings is 1. The first-order chi connectivity index (χ1) is 18.0. The SMILES string of the molecule is CC1(C)c2cccc3c4ccc[c-]c4c4nccc1c4c23.CCC(C)(CC)C(=O)/C=C(\O)C(C)(CC)CC.[Ir]. The van der Waals surface area contributed by atoms with E-state index in [9.17, 15) is 9.90 Å². The Morgan fingerprint density at radius 2 is 1.49 bits per heavy atom. The Balaban J connectivity index is 0.000000217. The van der Waals surface area contributed by atoms with Crippen LogP contribution in [0.2, 0.25) is 0 Å². The fourth-order valence-electron chi connectivity index (χ4n) is 5.68. The second-order valence-electron chi connectivity index (χ2n) is 11.8. The first kappa shape index (κ1) is 31.0. The van der Waals surface area contributed by atoms with Crippen LogP contribution in [0.1, 0.15) is 92.2 Å². The minimum absolute atomic E-state index is 0. The molecule has 1 N–H and O–H groups in total. The van der Waals surface area contributed by atoms with Gasteiger partial charge in [-0.1, -0.05) is 84.4 Å². The number of aliphatic hydroxyl groups excluding tert-OH is 1. The van der Waals surface area contributed by atoms with E-state index in [1.165, 1.54) is 38.7 Å². The molecule has 1 aromatic heterocycles. The maximum atomic E-state index is 12.2. The van der Waals surface area contributed by atoms with Gasteiger partial charge in [0, 0.05) is 48.6 Å². The zero-order chi connectivity index (χ0) is 27.9. The maximum Gasteiger partial charge on any atom is 0.164 e. The van der Waals surface area contributed by atoms with Crippen LogP contribution in [0, 0.1) is 16.9 Å². The average molecular weight is 701 g/mol. The number of aromatic nitrogens is 1. The van der Waals surface area contributed by atoms with E-state index in [-0.39, 0.29) is 47.9 Å². The molecule has 0 spiro atoms. The van der Waals surface area contributed by atoms with Gasteiger partial charge in [0.05, 0.1) is 0 Å². The van der Waals surface area contributed by atoms with Crippen LogP contribution < -0.4 is 0 Å². The van der Waals surface area contributed by atoms with Crippen molar-refractivity contribution < 1.29 is 30.0 Å². The molecule has 4 heteroatoms. The Bertz CT molecular complexity index is 1460. The largest absolute Gasteiger partial charge is 0.512 e. The Morgan fingerprint density at radius 3 is 2.10 bits per heavy atom. The van der Waals surface area contributed by atoms with Gasteiger partial charge in [0.2, 0.25) is 0 Å². The number of nitrogens with zero attached hydrogens (tertiary/aromatic N) is 1. The summed E-state index contributed by atoms with van der Waals surface area (Å²) >= 11 is 0. The normalized spacial score (nSPS) is 14.4. The molecule has 39 heavy (non-hydrogen) atoms. The third-order valence-corrected chi connectivity index (χ3v) is 9.60. The fraction of sp³-hybridized carbons (Fsp3) is 0.429. The summed E-state index contributed by atoms with van der Waals surface area (Å²) in [5.74, 6) is 0.286. The van der Waals surface area contributed by atoms with Crippen LogP contribution in [0.3, 0.4) is 0 Å². The van der Waals surface area contributed by atoms with Gasteiger partial charge >= 0.3 is 0 Å². The number of rotatable bonds is 7. The fourth-order valence-corrected chi connectivity index (χ4v) is 5.68. The van der Waals surface area contributed by atoms with E-state index in [1.807, 2.05) is 53.8 Å². The second kappa shape index (κ2) is 11.5. The predicted molar refractivity (Wildman–Crippen MR) is 161 cm³/mol. The van der Waals surface area contributed by atoms with Gasteiger partial charge in [-0.25, -0.2) is 0 Å². The van der Waals surface area contributed by atoms with Crippen molar-refractivity contribution in [1.82, 2.24) is 4.98 Å². The van der Waals surface area contributed by atoms with Crippen LogP contribution in [0.5, 0.6) is 0 Å². The molecule has 0 saturated carbocycles. The summed E-state index contributed by atoms with van der Waals surface area (Å²) in [5, 5.41) is 16.6. The number of aliphatic hydroxyl groups is 1. The van der Waals surface area contributed by atoms with Crippen LogP contribution in [0.15, 0.2) is 60.5 Å². The summed E-state index contributed by atoms with van der Waals surface area (Å²) in [4.78, 5) is 16.9. The summed E-state index contributed by atoms with van der Waals surface area (Å²) in [7, 11) is 0. The molecule has 1 radical (unpaired) electrons. The molecule has 1 heterocycles. The number of hydrogen-bond acceptors (Lipinski definition) is 3. The topological polar surface area (TPSA) is 50.2 Å². The van der Waals surface area contributed by atoms with E-state index < -0.39 is 0 Å². The van der Waals surface area contributed by atoms with Crippen molar-refractivity contribution in [1.29, 1.82) is 0 Å². The summed E-state index contributed by atoms with van der Waals surface area (Å²) in [5.41, 5.74) is 3.33. The minimum Gasteiger partial charge on any atom is -0.512 e. The molecular weight excluding hydrogens is 659 g/mol. The summed E-state index contributed by atoms with van der Waals surface area (Å²) in [6.07, 6.45) is 6.70. The number of allylic oxidation sites excluding steroid dienone is 2. The van der Waals surface area contributed by atoms with Gasteiger partial charge < -0.3 is 10.1 Å². The molecule has 4 aromatic rings. The average Bonchev–Trinajstić information content (AvgIpc) is 3.19. The van der Waals surface area contributed by atoms with Crippen molar-refractivity contribution in [2.45, 2.75) is 86.5 Å². The van der Waals surface area contributed by atoms with E-state index in [2.05, 4.69) is 61.3 Å². The van der Waals surface area contributed by atoms with Crippen LogP contribution in [-0.4, -0.2) is 15.9 Å². The Morgan fingerprint density at radius 1 is 0.897 bits per heavy atom. The first-order valence-corrected chi connectivity index (χ1v) is 14.1. The number of hydrogen-bond donors (Lipinski definition) is 1. The van der Waals surface area contributed by atoms with Crippen molar-refractivity contribution in [3.63, 3.8) is 0 Å². The molecule has 5 rings (SSSR count). The monoisotopic (exact) mass is 701 g/mol. The second-order valence-corrected chi connectivity index (χ2v) is 11.8. The molecule has 3 aromatic carbocycles. The van der Waals surface area contributed by atoms with Crippen molar-refractivity contribution in [3.8, 4) is 0 Å². The Kier molecular flexibility index (Phi) is 9.15. The minimum atomic E-state index is -0.337. The molecule has 0 aliphatic heterocycles. The summed E-state index contributed by atoms with van der Waals surface area (Å²) in [6, 6.07) is 18.5. The van der Waals surface area contributed by atoms with Crippen LogP contribution in [0.4, 0.5) is 0 Å². The molecule has 0 bridgehead atoms. The smallest absolute Gasteiger partial charge is 0.164 e. The number of carbonyl (C=O) groups is 1. The van der Waals surface area contributed by atoms with E-state index >= 15 is 0 Å². The number of fused-ring (bicyclic) bond motifs is 3. The quantitative estimate of drug-likeness (QED) is 0.0905. The third-order valence-electron chi connectivity index (χ3n) is 9.60. The van der Waals surface area contributed by atoms with Crippen molar-refractivity contribution in [2.24, 2.45) is 10.8 Å². The van der Waals surface area contributed by atoms with E-state index in [0.29, 0.717) is 0 Å². The molecule has 0 atom stereocenters. The van der Waals surface area contributed by atoms with E-state index in [4.69, 9.17) is 0 Å². The van der Waals surface area contributed by atoms with Crippen LogP contribution in [0.25, 0.3) is 32.4 Å². The van der Waals surface area contributed by atoms with E-state index in [0.717, 1.165) is 36.6 Å². The Hall–Kier alpha value is -2.55. The van der Waals surface area contributed by atoms with Crippen LogP contribution in [-0.2, 0) is 30.3 Å². The molecule has 0 saturated heterocycles. The van der Waals surface area contributed by atoms with Gasteiger partial charge in [0.1, 0.15) is 5.76 Å². The molecule has 0 fully saturated rings. The first-order valence-electron chi connectivity index (χ1n) is 14.1. The van der Waals surface area contributed by atoms with Gasteiger partial charge in [-0.3, -0.25) is 4.79 Å². The standard InChI is InChI=1S/C20H14N.C15H28O2.Ir/c1-20(2)15-9-5-8-13-12-6-3-4-7-14(12)19-18(17(13)15)16(20)10-11-21-19;1-7-14(5,8-2)12(16)11-13(17)15(6,9-3)10-4;/h3-6,8-11H,1-2H3;11,16H,7-10H2,1-6H3;/q-1;;/b;12-11-;. The maximum absolute atomic E-state index is 12.2. The van der Waals surface area contributed by atoms with Crippen molar-refractivity contribution >= 4 is 38.2 Å². The summed E-state index contributed by atoms with van der Waals surface area (Å²) < 4.78 is 0. The zero-order valence-corrected chi connectivity index (χ0v) is 27.1. The third kappa shape index (κ3) is 5.07. The van der Waals surface area contributed by atoms with Crippen LogP contribution >= 0.6 is 0 Å². The predicted octanol–water partition coefficient (Wildman–Crippen LogP) is 9.63. The van der Waals surface area contributed by atoms with Gasteiger partial charge in [0.25, 0.3) is 0 Å². The number of carbonyl (C=O) groups excluding carboxylic acids is 1. The van der Waals surface area contributed by atoms with Gasteiger partial charge in [0.15, 0.2) is 5.78 Å². The molecule has 1 aliphatic carbocycles. The van der Waals surface area contributed by atoms with Gasteiger partial charge in [-0.15, -0.1) is 29.7 Å². The molecule has 209 valence electrons. The molecule has 3 nitrogen and oxygen atoms in total.